The Morgan fingerprint density at radius 3 is 2.71 bits per heavy atom. The molecule has 0 spiro atoms. The van der Waals surface area contributed by atoms with Crippen LogP contribution in [0, 0.1) is 5.82 Å². The van der Waals surface area contributed by atoms with Gasteiger partial charge in [0.05, 0.1) is 22.7 Å². The standard InChI is InChI=1S/C21H24BrFN2O3/c1-14-11-21(24,13-26)18(10-16-8-5-9-17(22)19(16)23)25(14)20(27)28-12-15-6-3-2-4-7-15/h2-9,14,18,26H,10-13,24H2,1H3/t14-,18?,21?/m1/s1. The lowest BCUT2D eigenvalue weighted by molar-refractivity contribution is 0.0699. The molecule has 1 saturated heterocycles. The first-order valence-electron chi connectivity index (χ1n) is 9.17. The third-order valence-electron chi connectivity index (χ3n) is 5.30. The highest BCUT2D eigenvalue weighted by Crippen LogP contribution is 2.35. The van der Waals surface area contributed by atoms with Crippen LogP contribution in [0.1, 0.15) is 24.5 Å². The first kappa shape index (κ1) is 20.8. The molecule has 5 nitrogen and oxygen atoms in total. The maximum atomic E-state index is 14.5. The lowest BCUT2D eigenvalue weighted by Gasteiger charge is -2.34. The van der Waals surface area contributed by atoms with Gasteiger partial charge < -0.3 is 20.5 Å². The number of amides is 1. The van der Waals surface area contributed by atoms with Crippen LogP contribution in [0.5, 0.6) is 0 Å². The van der Waals surface area contributed by atoms with E-state index >= 15 is 0 Å². The number of nitrogens with zero attached hydrogens (tertiary/aromatic N) is 1. The first-order valence-corrected chi connectivity index (χ1v) is 9.96. The van der Waals surface area contributed by atoms with E-state index in [-0.39, 0.29) is 31.5 Å². The molecule has 0 aliphatic carbocycles. The number of aliphatic hydroxyl groups is 1. The topological polar surface area (TPSA) is 75.8 Å². The molecule has 1 fully saturated rings. The minimum absolute atomic E-state index is 0.136. The van der Waals surface area contributed by atoms with Gasteiger partial charge in [-0.3, -0.25) is 0 Å². The molecule has 3 atom stereocenters. The van der Waals surface area contributed by atoms with Crippen molar-refractivity contribution in [2.45, 2.75) is 44.0 Å². The van der Waals surface area contributed by atoms with Gasteiger partial charge in [0.15, 0.2) is 0 Å². The summed E-state index contributed by atoms with van der Waals surface area (Å²) in [6.45, 7) is 1.69. The summed E-state index contributed by atoms with van der Waals surface area (Å²) in [6, 6.07) is 13.6. The summed E-state index contributed by atoms with van der Waals surface area (Å²) < 4.78 is 20.4. The first-order chi connectivity index (χ1) is 13.4. The largest absolute Gasteiger partial charge is 0.445 e. The van der Waals surface area contributed by atoms with Gasteiger partial charge in [-0.2, -0.15) is 0 Å². The summed E-state index contributed by atoms with van der Waals surface area (Å²) in [5.41, 5.74) is 6.70. The molecule has 0 saturated carbocycles. The Labute approximate surface area is 172 Å². The van der Waals surface area contributed by atoms with E-state index in [1.807, 2.05) is 37.3 Å². The molecule has 0 bridgehead atoms. The van der Waals surface area contributed by atoms with Gasteiger partial charge in [0.2, 0.25) is 0 Å². The molecule has 2 aromatic rings. The Balaban J connectivity index is 1.82. The van der Waals surface area contributed by atoms with Gasteiger partial charge in [0.25, 0.3) is 0 Å². The fourth-order valence-electron chi connectivity index (χ4n) is 3.86. The van der Waals surface area contributed by atoms with Gasteiger partial charge in [-0.25, -0.2) is 9.18 Å². The van der Waals surface area contributed by atoms with Crippen molar-refractivity contribution in [2.75, 3.05) is 6.61 Å². The van der Waals surface area contributed by atoms with Crippen molar-refractivity contribution in [1.82, 2.24) is 4.90 Å². The molecule has 3 rings (SSSR count). The Hall–Kier alpha value is -1.96. The summed E-state index contributed by atoms with van der Waals surface area (Å²) in [7, 11) is 0. The summed E-state index contributed by atoms with van der Waals surface area (Å²) in [6.07, 6.45) is 0.0784. The summed E-state index contributed by atoms with van der Waals surface area (Å²) in [4.78, 5) is 14.4. The monoisotopic (exact) mass is 450 g/mol. The number of aliphatic hydroxyl groups excluding tert-OH is 1. The Kier molecular flexibility index (Phi) is 6.37. The molecule has 2 aromatic carbocycles. The van der Waals surface area contributed by atoms with Crippen LogP contribution in [0.3, 0.4) is 0 Å². The number of nitrogens with two attached hydrogens (primary N) is 1. The second-order valence-corrected chi connectivity index (χ2v) is 8.18. The lowest BCUT2D eigenvalue weighted by atomic mass is 9.87. The van der Waals surface area contributed by atoms with Gasteiger partial charge in [-0.1, -0.05) is 42.5 Å². The van der Waals surface area contributed by atoms with Gasteiger partial charge in [-0.15, -0.1) is 0 Å². The fourth-order valence-corrected chi connectivity index (χ4v) is 4.26. The molecule has 28 heavy (non-hydrogen) atoms. The van der Waals surface area contributed by atoms with E-state index < -0.39 is 17.7 Å². The number of benzene rings is 2. The van der Waals surface area contributed by atoms with Crippen LogP contribution in [0.25, 0.3) is 0 Å². The quantitative estimate of drug-likeness (QED) is 0.729. The third kappa shape index (κ3) is 4.21. The highest BCUT2D eigenvalue weighted by molar-refractivity contribution is 9.10. The van der Waals surface area contributed by atoms with Crippen molar-refractivity contribution >= 4 is 22.0 Å². The summed E-state index contributed by atoms with van der Waals surface area (Å²) in [5.74, 6) is -0.389. The number of rotatable bonds is 5. The number of hydrogen-bond donors (Lipinski definition) is 2. The smallest absolute Gasteiger partial charge is 0.410 e. The van der Waals surface area contributed by atoms with Crippen LogP contribution in [0.4, 0.5) is 9.18 Å². The Morgan fingerprint density at radius 2 is 2.04 bits per heavy atom. The number of carbonyl (C=O) groups is 1. The van der Waals surface area contributed by atoms with E-state index in [1.54, 1.807) is 23.1 Å². The predicted molar refractivity (Wildman–Crippen MR) is 108 cm³/mol. The molecular weight excluding hydrogens is 427 g/mol. The molecule has 1 heterocycles. The second kappa shape index (κ2) is 8.59. The normalized spacial score (nSPS) is 24.4. The molecule has 7 heteroatoms. The van der Waals surface area contributed by atoms with Crippen molar-refractivity contribution in [3.63, 3.8) is 0 Å². The van der Waals surface area contributed by atoms with Crippen LogP contribution in [0.2, 0.25) is 0 Å². The SMILES string of the molecule is C[C@@H]1CC(N)(CO)C(Cc2cccc(Br)c2F)N1C(=O)OCc1ccccc1. The molecule has 2 unspecified atom stereocenters. The minimum atomic E-state index is -1.03. The van der Waals surface area contributed by atoms with E-state index in [1.165, 1.54) is 0 Å². The number of halogens is 2. The Morgan fingerprint density at radius 1 is 1.32 bits per heavy atom. The lowest BCUT2D eigenvalue weighted by Crippen LogP contribution is -2.56. The van der Waals surface area contributed by atoms with Crippen LogP contribution in [0.15, 0.2) is 53.0 Å². The van der Waals surface area contributed by atoms with E-state index in [9.17, 15) is 14.3 Å². The zero-order valence-corrected chi connectivity index (χ0v) is 17.2. The number of hydrogen-bond acceptors (Lipinski definition) is 4. The molecule has 0 aromatic heterocycles. The van der Waals surface area contributed by atoms with Crippen LogP contribution in [-0.2, 0) is 17.8 Å². The predicted octanol–water partition coefficient (Wildman–Crippen LogP) is 3.62. The van der Waals surface area contributed by atoms with Gasteiger partial charge >= 0.3 is 6.09 Å². The molecule has 0 radical (unpaired) electrons. The van der Waals surface area contributed by atoms with Crippen molar-refractivity contribution in [3.05, 3.63) is 69.9 Å². The number of carbonyl (C=O) groups excluding carboxylic acids is 1. The molecule has 150 valence electrons. The third-order valence-corrected chi connectivity index (χ3v) is 5.92. The molecule has 1 aliphatic heterocycles. The van der Waals surface area contributed by atoms with Crippen LogP contribution in [-0.4, -0.2) is 40.3 Å². The van der Waals surface area contributed by atoms with Crippen molar-refractivity contribution < 1.29 is 19.0 Å². The fraction of sp³-hybridized carbons (Fsp3) is 0.381. The van der Waals surface area contributed by atoms with Crippen LogP contribution < -0.4 is 5.73 Å². The van der Waals surface area contributed by atoms with E-state index in [2.05, 4.69) is 15.9 Å². The average molecular weight is 451 g/mol. The Bertz CT molecular complexity index is 836. The number of likely N-dealkylation sites (tertiary alicyclic amines) is 1. The summed E-state index contributed by atoms with van der Waals surface area (Å²) in [5, 5.41) is 9.92. The zero-order valence-electron chi connectivity index (χ0n) is 15.6. The highest BCUT2D eigenvalue weighted by atomic mass is 79.9. The van der Waals surface area contributed by atoms with Crippen molar-refractivity contribution in [1.29, 1.82) is 0 Å². The van der Waals surface area contributed by atoms with E-state index in [0.717, 1.165) is 5.56 Å². The summed E-state index contributed by atoms with van der Waals surface area (Å²) >= 11 is 3.19. The van der Waals surface area contributed by atoms with Gasteiger partial charge in [0, 0.05) is 6.04 Å². The highest BCUT2D eigenvalue weighted by Gasteiger charge is 2.50. The van der Waals surface area contributed by atoms with E-state index in [4.69, 9.17) is 10.5 Å². The average Bonchev–Trinajstić information content (AvgIpc) is 2.94. The van der Waals surface area contributed by atoms with E-state index in [0.29, 0.717) is 16.5 Å². The zero-order chi connectivity index (χ0) is 20.3. The molecule has 1 amide bonds. The van der Waals surface area contributed by atoms with Gasteiger partial charge in [0.1, 0.15) is 12.4 Å². The number of ether oxygens (including phenoxy) is 1. The van der Waals surface area contributed by atoms with Crippen LogP contribution >= 0.6 is 15.9 Å². The minimum Gasteiger partial charge on any atom is -0.445 e. The van der Waals surface area contributed by atoms with Crippen molar-refractivity contribution in [2.24, 2.45) is 5.73 Å². The molecular formula is C21H24BrFN2O3. The molecule has 1 aliphatic rings. The maximum Gasteiger partial charge on any atom is 0.410 e. The van der Waals surface area contributed by atoms with Crippen molar-refractivity contribution in [3.8, 4) is 0 Å². The second-order valence-electron chi connectivity index (χ2n) is 7.32. The maximum absolute atomic E-state index is 14.5. The van der Waals surface area contributed by atoms with Gasteiger partial charge in [-0.05, 0) is 52.9 Å². The molecule has 3 N–H and O–H groups in total.